The normalized spacial score (nSPS) is 13.5. The van der Waals surface area contributed by atoms with Crippen molar-refractivity contribution in [2.45, 2.75) is 6.61 Å². The lowest BCUT2D eigenvalue weighted by molar-refractivity contribution is -0.385. The van der Waals surface area contributed by atoms with Gasteiger partial charge in [0.25, 0.3) is 11.6 Å². The number of carbonyl (C=O) groups is 2. The molecule has 2 N–H and O–H groups in total. The molecule has 1 aromatic heterocycles. The Labute approximate surface area is 198 Å². The molecule has 1 aliphatic heterocycles. The van der Waals surface area contributed by atoms with Crippen molar-refractivity contribution in [2.75, 3.05) is 37.6 Å². The SMILES string of the molecule is O=C(NCC(=O)N1CCN(c2ccc(-c3cc(CO)on3)cc2F)CC1)c1ccccc1[N+](=O)[O-]. The molecule has 2 aromatic carbocycles. The van der Waals surface area contributed by atoms with Crippen LogP contribution in [0.4, 0.5) is 15.8 Å². The molecule has 0 unspecified atom stereocenters. The van der Waals surface area contributed by atoms with Gasteiger partial charge in [-0.1, -0.05) is 23.4 Å². The Kier molecular flexibility index (Phi) is 7.01. The van der Waals surface area contributed by atoms with Gasteiger partial charge in [0.2, 0.25) is 5.91 Å². The first kappa shape index (κ1) is 23.8. The molecule has 35 heavy (non-hydrogen) atoms. The third kappa shape index (κ3) is 5.27. The van der Waals surface area contributed by atoms with E-state index in [0.717, 1.165) is 0 Å². The van der Waals surface area contributed by atoms with Crippen LogP contribution in [0.15, 0.2) is 53.1 Å². The minimum absolute atomic E-state index is 0.118. The summed E-state index contributed by atoms with van der Waals surface area (Å²) in [4.78, 5) is 38.7. The van der Waals surface area contributed by atoms with E-state index in [9.17, 15) is 24.1 Å². The summed E-state index contributed by atoms with van der Waals surface area (Å²) >= 11 is 0. The molecule has 2 heterocycles. The highest BCUT2D eigenvalue weighted by Crippen LogP contribution is 2.27. The maximum atomic E-state index is 14.8. The lowest BCUT2D eigenvalue weighted by Crippen LogP contribution is -2.51. The first-order valence-electron chi connectivity index (χ1n) is 10.8. The number of hydrogen-bond acceptors (Lipinski definition) is 8. The van der Waals surface area contributed by atoms with Crippen molar-refractivity contribution >= 4 is 23.2 Å². The summed E-state index contributed by atoms with van der Waals surface area (Å²) in [7, 11) is 0. The number of aliphatic hydroxyl groups excluding tert-OH is 1. The number of piperazine rings is 1. The van der Waals surface area contributed by atoms with Crippen LogP contribution < -0.4 is 10.2 Å². The molecule has 0 spiro atoms. The maximum Gasteiger partial charge on any atom is 0.282 e. The smallest absolute Gasteiger partial charge is 0.282 e. The molecule has 1 saturated heterocycles. The predicted octanol–water partition coefficient (Wildman–Crippen LogP) is 1.96. The van der Waals surface area contributed by atoms with Gasteiger partial charge in [0.15, 0.2) is 5.76 Å². The van der Waals surface area contributed by atoms with E-state index in [1.807, 2.05) is 4.90 Å². The minimum atomic E-state index is -0.704. The number of rotatable bonds is 7. The van der Waals surface area contributed by atoms with Crippen molar-refractivity contribution < 1.29 is 28.5 Å². The Morgan fingerprint density at radius 2 is 1.89 bits per heavy atom. The molecular weight excluding hydrogens is 461 g/mol. The first-order chi connectivity index (χ1) is 16.9. The van der Waals surface area contributed by atoms with Gasteiger partial charge >= 0.3 is 0 Å². The number of aliphatic hydroxyl groups is 1. The van der Waals surface area contributed by atoms with E-state index in [1.54, 1.807) is 17.0 Å². The third-order valence-corrected chi connectivity index (χ3v) is 5.68. The van der Waals surface area contributed by atoms with E-state index in [-0.39, 0.29) is 36.1 Å². The summed E-state index contributed by atoms with van der Waals surface area (Å²) in [6.07, 6.45) is 0. The van der Waals surface area contributed by atoms with Crippen molar-refractivity contribution in [3.63, 3.8) is 0 Å². The Balaban J connectivity index is 1.32. The van der Waals surface area contributed by atoms with Crippen molar-refractivity contribution in [3.05, 3.63) is 75.8 Å². The summed E-state index contributed by atoms with van der Waals surface area (Å²) in [5.74, 6) is -1.21. The zero-order valence-electron chi connectivity index (χ0n) is 18.5. The fraction of sp³-hybridized carbons (Fsp3) is 0.261. The minimum Gasteiger partial charge on any atom is -0.388 e. The summed E-state index contributed by atoms with van der Waals surface area (Å²) in [6.45, 7) is 0.820. The number of para-hydroxylation sites is 1. The predicted molar refractivity (Wildman–Crippen MR) is 122 cm³/mol. The van der Waals surface area contributed by atoms with Crippen molar-refractivity contribution in [2.24, 2.45) is 0 Å². The van der Waals surface area contributed by atoms with Crippen molar-refractivity contribution in [3.8, 4) is 11.3 Å². The molecule has 0 aliphatic carbocycles. The summed E-state index contributed by atoms with van der Waals surface area (Å²) in [5, 5.41) is 26.4. The Bertz CT molecular complexity index is 1250. The fourth-order valence-electron chi connectivity index (χ4n) is 3.83. The zero-order chi connectivity index (χ0) is 24.9. The third-order valence-electron chi connectivity index (χ3n) is 5.68. The highest BCUT2D eigenvalue weighted by atomic mass is 19.1. The second-order valence-electron chi connectivity index (χ2n) is 7.83. The number of halogens is 1. The van der Waals surface area contributed by atoms with Gasteiger partial charge in [0.1, 0.15) is 23.7 Å². The van der Waals surface area contributed by atoms with Crippen molar-refractivity contribution in [1.29, 1.82) is 0 Å². The highest BCUT2D eigenvalue weighted by Gasteiger charge is 2.25. The number of anilines is 1. The van der Waals surface area contributed by atoms with E-state index in [0.29, 0.717) is 43.1 Å². The number of aromatic nitrogens is 1. The largest absolute Gasteiger partial charge is 0.388 e. The standard InChI is InChI=1S/C23H22FN5O6/c24-18-11-15(19-12-16(14-30)35-26-19)5-6-21(18)27-7-9-28(10-8-27)22(31)13-25-23(32)17-3-1-2-4-20(17)29(33)34/h1-6,11-12,30H,7-10,13-14H2,(H,25,32). The van der Waals surface area contributed by atoms with Crippen LogP contribution in [0.25, 0.3) is 11.3 Å². The number of benzene rings is 2. The highest BCUT2D eigenvalue weighted by molar-refractivity contribution is 5.99. The van der Waals surface area contributed by atoms with Crippen LogP contribution in [-0.2, 0) is 11.4 Å². The van der Waals surface area contributed by atoms with Gasteiger partial charge in [-0.25, -0.2) is 4.39 Å². The molecule has 1 aliphatic rings. The molecule has 12 heteroatoms. The molecular formula is C23H22FN5O6. The van der Waals surface area contributed by atoms with Gasteiger partial charge in [0, 0.05) is 43.9 Å². The zero-order valence-corrected chi connectivity index (χ0v) is 18.5. The first-order valence-corrected chi connectivity index (χ1v) is 10.8. The van der Waals surface area contributed by atoms with Crippen molar-refractivity contribution in [1.82, 2.24) is 15.4 Å². The number of nitrogens with zero attached hydrogens (tertiary/aromatic N) is 4. The Morgan fingerprint density at radius 1 is 1.14 bits per heavy atom. The van der Waals surface area contributed by atoms with Gasteiger partial charge in [-0.15, -0.1) is 0 Å². The summed E-state index contributed by atoms with van der Waals surface area (Å²) in [6, 6.07) is 11.7. The number of nitrogens with one attached hydrogen (secondary N) is 1. The van der Waals surface area contributed by atoms with E-state index in [4.69, 9.17) is 9.63 Å². The number of carbonyl (C=O) groups excluding carboxylic acids is 2. The number of nitro benzene ring substituents is 1. The Morgan fingerprint density at radius 3 is 2.54 bits per heavy atom. The van der Waals surface area contributed by atoms with Gasteiger partial charge < -0.3 is 24.7 Å². The lowest BCUT2D eigenvalue weighted by Gasteiger charge is -2.36. The molecule has 0 saturated carbocycles. The molecule has 4 rings (SSSR count). The van der Waals surface area contributed by atoms with Crippen LogP contribution in [0.5, 0.6) is 0 Å². The van der Waals surface area contributed by atoms with Gasteiger partial charge in [-0.05, 0) is 18.2 Å². The molecule has 0 bridgehead atoms. The van der Waals surface area contributed by atoms with Crippen LogP contribution in [0, 0.1) is 15.9 Å². The lowest BCUT2D eigenvalue weighted by atomic mass is 10.1. The van der Waals surface area contributed by atoms with E-state index in [1.165, 1.54) is 36.4 Å². The van der Waals surface area contributed by atoms with Gasteiger partial charge in [-0.3, -0.25) is 19.7 Å². The quantitative estimate of drug-likeness (QED) is 0.384. The van der Waals surface area contributed by atoms with Crippen LogP contribution in [0.3, 0.4) is 0 Å². The number of amides is 2. The monoisotopic (exact) mass is 483 g/mol. The van der Waals surface area contributed by atoms with E-state index < -0.39 is 16.6 Å². The summed E-state index contributed by atoms with van der Waals surface area (Å²) < 4.78 is 19.7. The second-order valence-corrected chi connectivity index (χ2v) is 7.83. The second kappa shape index (κ2) is 10.3. The van der Waals surface area contributed by atoms with Crippen LogP contribution in [-0.4, -0.2) is 64.6 Å². The number of nitro groups is 1. The summed E-state index contributed by atoms with van der Waals surface area (Å²) in [5.41, 5.74) is 0.857. The Hall–Kier alpha value is -4.32. The molecule has 0 radical (unpaired) electrons. The van der Waals surface area contributed by atoms with Crippen LogP contribution in [0.1, 0.15) is 16.1 Å². The maximum absolute atomic E-state index is 14.8. The van der Waals surface area contributed by atoms with Crippen LogP contribution >= 0.6 is 0 Å². The average molecular weight is 483 g/mol. The average Bonchev–Trinajstić information content (AvgIpc) is 3.36. The number of hydrogen-bond donors (Lipinski definition) is 2. The molecule has 11 nitrogen and oxygen atoms in total. The molecule has 182 valence electrons. The van der Waals surface area contributed by atoms with E-state index in [2.05, 4.69) is 10.5 Å². The topological polar surface area (TPSA) is 142 Å². The molecule has 1 fully saturated rings. The molecule has 0 atom stereocenters. The fourth-order valence-corrected chi connectivity index (χ4v) is 3.83. The van der Waals surface area contributed by atoms with Gasteiger partial charge in [0.05, 0.1) is 17.2 Å². The molecule has 2 amide bonds. The van der Waals surface area contributed by atoms with Gasteiger partial charge in [-0.2, -0.15) is 0 Å². The van der Waals surface area contributed by atoms with Crippen LogP contribution in [0.2, 0.25) is 0 Å². The molecule has 3 aromatic rings. The van der Waals surface area contributed by atoms with E-state index >= 15 is 0 Å².